The lowest BCUT2D eigenvalue weighted by Gasteiger charge is -2.17. The predicted molar refractivity (Wildman–Crippen MR) is 79.8 cm³/mol. The number of benzene rings is 1. The Morgan fingerprint density at radius 2 is 1.90 bits per heavy atom. The Labute approximate surface area is 120 Å². The summed E-state index contributed by atoms with van der Waals surface area (Å²) in [6.45, 7) is 6.36. The van der Waals surface area contributed by atoms with Gasteiger partial charge in [0.25, 0.3) is 0 Å². The van der Waals surface area contributed by atoms with Crippen molar-refractivity contribution in [2.75, 3.05) is 0 Å². The Morgan fingerprint density at radius 1 is 1.25 bits per heavy atom. The third-order valence-electron chi connectivity index (χ3n) is 4.22. The van der Waals surface area contributed by atoms with Crippen LogP contribution in [0.2, 0.25) is 0 Å². The lowest BCUT2D eigenvalue weighted by molar-refractivity contribution is 0.168. The van der Waals surface area contributed by atoms with Crippen LogP contribution < -0.4 is 0 Å². The number of hydrogen-bond acceptors (Lipinski definition) is 2. The molecule has 3 nitrogen and oxygen atoms in total. The summed E-state index contributed by atoms with van der Waals surface area (Å²) in [5.41, 5.74) is 6.01. The highest BCUT2D eigenvalue weighted by Gasteiger charge is 2.27. The van der Waals surface area contributed by atoms with E-state index in [-0.39, 0.29) is 0 Å². The highest BCUT2D eigenvalue weighted by Crippen LogP contribution is 2.37. The monoisotopic (exact) mass is 270 g/mol. The molecule has 1 fully saturated rings. The molecule has 1 aromatic heterocycles. The normalized spacial score (nSPS) is 16.4. The first-order chi connectivity index (χ1) is 9.56. The maximum absolute atomic E-state index is 10.6. The molecule has 1 aliphatic carbocycles. The molecule has 0 bridgehead atoms. The first kappa shape index (κ1) is 13.4. The molecule has 3 heteroatoms. The number of imidazole rings is 1. The van der Waals surface area contributed by atoms with Gasteiger partial charge in [-0.25, -0.2) is 4.98 Å². The van der Waals surface area contributed by atoms with E-state index in [1.807, 2.05) is 12.5 Å². The largest absolute Gasteiger partial charge is 0.386 e. The summed E-state index contributed by atoms with van der Waals surface area (Å²) >= 11 is 0. The zero-order valence-electron chi connectivity index (χ0n) is 12.4. The summed E-state index contributed by atoms with van der Waals surface area (Å²) in [5, 5.41) is 10.6. The SMILES string of the molecule is Cc1cc(C)c(CC(O)c2cncn2C2CC2)c(C)c1. The fraction of sp³-hybridized carbons (Fsp3) is 0.471. The molecular weight excluding hydrogens is 248 g/mol. The maximum Gasteiger partial charge on any atom is 0.0996 e. The Kier molecular flexibility index (Phi) is 3.38. The quantitative estimate of drug-likeness (QED) is 0.924. The molecule has 1 aromatic carbocycles. The number of nitrogens with zero attached hydrogens (tertiary/aromatic N) is 2. The molecule has 0 radical (unpaired) electrons. The average Bonchev–Trinajstić information content (AvgIpc) is 3.11. The van der Waals surface area contributed by atoms with E-state index in [2.05, 4.69) is 42.5 Å². The average molecular weight is 270 g/mol. The van der Waals surface area contributed by atoms with Crippen LogP contribution >= 0.6 is 0 Å². The fourth-order valence-corrected chi connectivity index (χ4v) is 3.06. The van der Waals surface area contributed by atoms with E-state index in [4.69, 9.17) is 0 Å². The zero-order chi connectivity index (χ0) is 14.3. The number of aliphatic hydroxyl groups excluding tert-OH is 1. The Bertz CT molecular complexity index is 603. The van der Waals surface area contributed by atoms with Crippen LogP contribution in [0, 0.1) is 20.8 Å². The van der Waals surface area contributed by atoms with Crippen molar-refractivity contribution in [1.82, 2.24) is 9.55 Å². The molecule has 0 aliphatic heterocycles. The van der Waals surface area contributed by atoms with E-state index in [0.29, 0.717) is 12.5 Å². The minimum atomic E-state index is -0.474. The van der Waals surface area contributed by atoms with Crippen molar-refractivity contribution < 1.29 is 5.11 Å². The highest BCUT2D eigenvalue weighted by atomic mass is 16.3. The van der Waals surface area contributed by atoms with Crippen molar-refractivity contribution in [3.63, 3.8) is 0 Å². The molecule has 0 amide bonds. The molecule has 0 spiro atoms. The van der Waals surface area contributed by atoms with Crippen LogP contribution in [0.5, 0.6) is 0 Å². The van der Waals surface area contributed by atoms with Gasteiger partial charge in [-0.05, 0) is 50.3 Å². The van der Waals surface area contributed by atoms with Crippen LogP contribution in [0.25, 0.3) is 0 Å². The first-order valence-corrected chi connectivity index (χ1v) is 7.32. The van der Waals surface area contributed by atoms with Gasteiger partial charge in [0.2, 0.25) is 0 Å². The summed E-state index contributed by atoms with van der Waals surface area (Å²) in [4.78, 5) is 4.21. The number of aryl methyl sites for hydroxylation is 3. The Hall–Kier alpha value is -1.61. The molecular formula is C17H22N2O. The minimum absolute atomic E-state index is 0.474. The molecule has 2 aromatic rings. The number of aliphatic hydroxyl groups is 1. The summed E-state index contributed by atoms with van der Waals surface area (Å²) in [6.07, 6.45) is 6.26. The molecule has 1 heterocycles. The van der Waals surface area contributed by atoms with E-state index in [0.717, 1.165) is 5.69 Å². The standard InChI is InChI=1S/C17H22N2O/c1-11-6-12(2)15(13(3)7-11)8-17(20)16-9-18-10-19(16)14-4-5-14/h6-7,9-10,14,17,20H,4-5,8H2,1-3H3. The summed E-state index contributed by atoms with van der Waals surface area (Å²) in [5.74, 6) is 0. The topological polar surface area (TPSA) is 38.1 Å². The van der Waals surface area contributed by atoms with Crippen LogP contribution in [-0.4, -0.2) is 14.7 Å². The molecule has 1 aliphatic rings. The van der Waals surface area contributed by atoms with E-state index < -0.39 is 6.10 Å². The summed E-state index contributed by atoms with van der Waals surface area (Å²) in [6, 6.07) is 4.93. The fourth-order valence-electron chi connectivity index (χ4n) is 3.06. The summed E-state index contributed by atoms with van der Waals surface area (Å²) < 4.78 is 2.14. The van der Waals surface area contributed by atoms with Gasteiger partial charge < -0.3 is 9.67 Å². The van der Waals surface area contributed by atoms with Gasteiger partial charge in [-0.3, -0.25) is 0 Å². The maximum atomic E-state index is 10.6. The third kappa shape index (κ3) is 2.50. The van der Waals surface area contributed by atoms with Crippen molar-refractivity contribution in [3.05, 3.63) is 52.6 Å². The minimum Gasteiger partial charge on any atom is -0.386 e. The lowest BCUT2D eigenvalue weighted by Crippen LogP contribution is -2.10. The molecule has 1 atom stereocenters. The van der Waals surface area contributed by atoms with Gasteiger partial charge in [-0.2, -0.15) is 0 Å². The highest BCUT2D eigenvalue weighted by molar-refractivity contribution is 5.38. The third-order valence-corrected chi connectivity index (χ3v) is 4.22. The smallest absolute Gasteiger partial charge is 0.0996 e. The van der Waals surface area contributed by atoms with Gasteiger partial charge in [0.1, 0.15) is 0 Å². The van der Waals surface area contributed by atoms with Crippen molar-refractivity contribution in [3.8, 4) is 0 Å². The number of rotatable bonds is 4. The number of aromatic nitrogens is 2. The van der Waals surface area contributed by atoms with Gasteiger partial charge in [-0.15, -0.1) is 0 Å². The second-order valence-electron chi connectivity index (χ2n) is 6.05. The van der Waals surface area contributed by atoms with E-state index in [9.17, 15) is 5.11 Å². The van der Waals surface area contributed by atoms with Crippen LogP contribution in [0.4, 0.5) is 0 Å². The molecule has 3 rings (SSSR count). The first-order valence-electron chi connectivity index (χ1n) is 7.32. The number of hydrogen-bond donors (Lipinski definition) is 1. The van der Waals surface area contributed by atoms with Gasteiger partial charge in [0.15, 0.2) is 0 Å². The van der Waals surface area contributed by atoms with Gasteiger partial charge in [0, 0.05) is 12.5 Å². The lowest BCUT2D eigenvalue weighted by atomic mass is 9.94. The molecule has 1 saturated carbocycles. The second-order valence-corrected chi connectivity index (χ2v) is 6.05. The summed E-state index contributed by atoms with van der Waals surface area (Å²) in [7, 11) is 0. The van der Waals surface area contributed by atoms with Gasteiger partial charge in [-0.1, -0.05) is 17.7 Å². The molecule has 1 N–H and O–H groups in total. The van der Waals surface area contributed by atoms with Crippen LogP contribution in [0.15, 0.2) is 24.7 Å². The molecule has 106 valence electrons. The van der Waals surface area contributed by atoms with E-state index in [1.165, 1.54) is 35.1 Å². The van der Waals surface area contributed by atoms with Crippen LogP contribution in [0.1, 0.15) is 52.9 Å². The zero-order valence-corrected chi connectivity index (χ0v) is 12.4. The van der Waals surface area contributed by atoms with E-state index in [1.54, 1.807) is 0 Å². The Balaban J connectivity index is 1.85. The van der Waals surface area contributed by atoms with Gasteiger partial charge in [0.05, 0.1) is 24.3 Å². The van der Waals surface area contributed by atoms with E-state index >= 15 is 0 Å². The van der Waals surface area contributed by atoms with Crippen LogP contribution in [-0.2, 0) is 6.42 Å². The van der Waals surface area contributed by atoms with Crippen molar-refractivity contribution in [1.29, 1.82) is 0 Å². The Morgan fingerprint density at radius 3 is 2.50 bits per heavy atom. The molecule has 1 unspecified atom stereocenters. The predicted octanol–water partition coefficient (Wildman–Crippen LogP) is 3.42. The van der Waals surface area contributed by atoms with Crippen molar-refractivity contribution >= 4 is 0 Å². The van der Waals surface area contributed by atoms with Gasteiger partial charge >= 0.3 is 0 Å². The molecule has 20 heavy (non-hydrogen) atoms. The van der Waals surface area contributed by atoms with Crippen LogP contribution in [0.3, 0.4) is 0 Å². The van der Waals surface area contributed by atoms with Crippen molar-refractivity contribution in [2.24, 2.45) is 0 Å². The van der Waals surface area contributed by atoms with Crippen molar-refractivity contribution in [2.45, 2.75) is 52.2 Å². The molecule has 0 saturated heterocycles. The second kappa shape index (κ2) is 5.06.